The van der Waals surface area contributed by atoms with Gasteiger partial charge in [-0.25, -0.2) is 0 Å². The van der Waals surface area contributed by atoms with Crippen molar-refractivity contribution in [1.82, 2.24) is 9.47 Å². The minimum absolute atomic E-state index is 0.00409. The lowest BCUT2D eigenvalue weighted by Gasteiger charge is -2.24. The fourth-order valence-corrected chi connectivity index (χ4v) is 4.99. The Balaban J connectivity index is 1.51. The average molecular weight is 453 g/mol. The van der Waals surface area contributed by atoms with Gasteiger partial charge in [-0.15, -0.1) is 11.3 Å². The number of amides is 1. The predicted octanol–water partition coefficient (Wildman–Crippen LogP) is 5.49. The van der Waals surface area contributed by atoms with Crippen LogP contribution in [0.3, 0.4) is 0 Å². The SMILES string of the molecule is O=C(Cn1c2ccccc2c(=O)c2ccccc21)N(CCc1ccccc1)Cc1cccs1. The number of rotatable bonds is 7. The Morgan fingerprint density at radius 1 is 0.788 bits per heavy atom. The monoisotopic (exact) mass is 452 g/mol. The molecule has 0 N–H and O–H groups in total. The van der Waals surface area contributed by atoms with E-state index < -0.39 is 0 Å². The quantitative estimate of drug-likeness (QED) is 0.307. The number of benzene rings is 3. The largest absolute Gasteiger partial charge is 0.336 e. The van der Waals surface area contributed by atoms with Gasteiger partial charge < -0.3 is 9.47 Å². The van der Waals surface area contributed by atoms with Gasteiger partial charge in [0, 0.05) is 22.2 Å². The van der Waals surface area contributed by atoms with Gasteiger partial charge in [-0.05, 0) is 47.7 Å². The zero-order valence-electron chi connectivity index (χ0n) is 18.2. The molecule has 0 aliphatic rings. The van der Waals surface area contributed by atoms with E-state index in [1.807, 2.05) is 87.6 Å². The van der Waals surface area contributed by atoms with E-state index in [9.17, 15) is 9.59 Å². The predicted molar refractivity (Wildman–Crippen MR) is 136 cm³/mol. The van der Waals surface area contributed by atoms with Gasteiger partial charge in [-0.3, -0.25) is 9.59 Å². The lowest BCUT2D eigenvalue weighted by atomic mass is 10.1. The van der Waals surface area contributed by atoms with Crippen LogP contribution in [-0.4, -0.2) is 21.9 Å². The van der Waals surface area contributed by atoms with Crippen LogP contribution in [0.5, 0.6) is 0 Å². The summed E-state index contributed by atoms with van der Waals surface area (Å²) >= 11 is 1.66. The first-order valence-corrected chi connectivity index (χ1v) is 11.9. The lowest BCUT2D eigenvalue weighted by molar-refractivity contribution is -0.132. The number of hydrogen-bond donors (Lipinski definition) is 0. The summed E-state index contributed by atoms with van der Waals surface area (Å²) in [6.45, 7) is 1.40. The Morgan fingerprint density at radius 2 is 1.42 bits per heavy atom. The highest BCUT2D eigenvalue weighted by molar-refractivity contribution is 7.09. The molecule has 1 amide bonds. The third kappa shape index (κ3) is 4.45. The highest BCUT2D eigenvalue weighted by Gasteiger charge is 2.18. The molecule has 2 heterocycles. The first-order chi connectivity index (χ1) is 16.2. The summed E-state index contributed by atoms with van der Waals surface area (Å²) in [5, 5.41) is 3.31. The average Bonchev–Trinajstić information content (AvgIpc) is 3.38. The van der Waals surface area contributed by atoms with Crippen LogP contribution in [0.15, 0.2) is 101 Å². The Bertz CT molecular complexity index is 1400. The van der Waals surface area contributed by atoms with Gasteiger partial charge in [0.1, 0.15) is 6.54 Å². The number of aromatic nitrogens is 1. The van der Waals surface area contributed by atoms with E-state index in [2.05, 4.69) is 18.2 Å². The zero-order valence-corrected chi connectivity index (χ0v) is 19.0. The molecule has 0 saturated heterocycles. The second kappa shape index (κ2) is 9.43. The topological polar surface area (TPSA) is 42.3 Å². The van der Waals surface area contributed by atoms with Crippen molar-refractivity contribution in [2.24, 2.45) is 0 Å². The molecule has 164 valence electrons. The fraction of sp³-hybridized carbons (Fsp3) is 0.143. The number of pyridine rings is 1. The third-order valence-electron chi connectivity index (χ3n) is 5.97. The maximum absolute atomic E-state index is 13.7. The normalized spacial score (nSPS) is 11.2. The van der Waals surface area contributed by atoms with Crippen LogP contribution in [-0.2, 0) is 24.3 Å². The Labute approximate surface area is 196 Å². The van der Waals surface area contributed by atoms with Crippen LogP contribution < -0.4 is 5.43 Å². The summed E-state index contributed by atoms with van der Waals surface area (Å²) in [6.07, 6.45) is 0.795. The van der Waals surface area contributed by atoms with Crippen LogP contribution in [0.25, 0.3) is 21.8 Å². The second-order valence-electron chi connectivity index (χ2n) is 8.08. The van der Waals surface area contributed by atoms with E-state index >= 15 is 0 Å². The Hall–Kier alpha value is -3.70. The first-order valence-electron chi connectivity index (χ1n) is 11.0. The summed E-state index contributed by atoms with van der Waals surface area (Å²) in [6, 6.07) is 29.4. The summed E-state index contributed by atoms with van der Waals surface area (Å²) in [5.41, 5.74) is 2.78. The minimum Gasteiger partial charge on any atom is -0.336 e. The minimum atomic E-state index is 0.00409. The molecule has 5 heteroatoms. The molecular weight excluding hydrogens is 428 g/mol. The maximum Gasteiger partial charge on any atom is 0.242 e. The van der Waals surface area contributed by atoms with E-state index in [4.69, 9.17) is 0 Å². The van der Waals surface area contributed by atoms with E-state index in [1.54, 1.807) is 11.3 Å². The van der Waals surface area contributed by atoms with Crippen molar-refractivity contribution in [2.75, 3.05) is 6.54 Å². The molecule has 33 heavy (non-hydrogen) atoms. The van der Waals surface area contributed by atoms with E-state index in [-0.39, 0.29) is 17.9 Å². The van der Waals surface area contributed by atoms with Crippen molar-refractivity contribution >= 4 is 39.0 Å². The summed E-state index contributed by atoms with van der Waals surface area (Å²) < 4.78 is 1.98. The van der Waals surface area contributed by atoms with Gasteiger partial charge in [0.2, 0.25) is 5.91 Å². The molecule has 0 unspecified atom stereocenters. The van der Waals surface area contributed by atoms with Gasteiger partial charge in [-0.1, -0.05) is 60.7 Å². The molecule has 0 saturated carbocycles. The molecule has 4 nitrogen and oxygen atoms in total. The maximum atomic E-state index is 13.7. The van der Waals surface area contributed by atoms with Crippen LogP contribution in [0.4, 0.5) is 0 Å². The molecule has 0 bridgehead atoms. The Kier molecular flexibility index (Phi) is 6.05. The van der Waals surface area contributed by atoms with Crippen molar-refractivity contribution in [2.45, 2.75) is 19.5 Å². The van der Waals surface area contributed by atoms with Crippen molar-refractivity contribution in [3.05, 3.63) is 117 Å². The summed E-state index contributed by atoms with van der Waals surface area (Å²) in [4.78, 5) is 29.8. The molecule has 5 rings (SSSR count). The number of thiophene rings is 1. The smallest absolute Gasteiger partial charge is 0.242 e. The molecular formula is C28H24N2O2S. The van der Waals surface area contributed by atoms with Crippen LogP contribution >= 0.6 is 11.3 Å². The lowest BCUT2D eigenvalue weighted by Crippen LogP contribution is -2.35. The molecule has 3 aromatic carbocycles. The van der Waals surface area contributed by atoms with Gasteiger partial charge in [-0.2, -0.15) is 0 Å². The Morgan fingerprint density at radius 3 is 2.06 bits per heavy atom. The molecule has 0 radical (unpaired) electrons. The molecule has 2 aromatic heterocycles. The van der Waals surface area contributed by atoms with Crippen molar-refractivity contribution in [1.29, 1.82) is 0 Å². The fourth-order valence-electron chi connectivity index (χ4n) is 4.27. The second-order valence-corrected chi connectivity index (χ2v) is 9.11. The van der Waals surface area contributed by atoms with Gasteiger partial charge in [0.15, 0.2) is 5.43 Å². The summed E-state index contributed by atoms with van der Waals surface area (Å²) in [7, 11) is 0. The first kappa shape index (κ1) is 21.2. The summed E-state index contributed by atoms with van der Waals surface area (Å²) in [5.74, 6) is 0.0401. The highest BCUT2D eigenvalue weighted by atomic mass is 32.1. The van der Waals surface area contributed by atoms with Crippen molar-refractivity contribution in [3.63, 3.8) is 0 Å². The molecule has 0 atom stereocenters. The van der Waals surface area contributed by atoms with Crippen molar-refractivity contribution < 1.29 is 4.79 Å². The molecule has 0 spiro atoms. The van der Waals surface area contributed by atoms with Gasteiger partial charge in [0.25, 0.3) is 0 Å². The van der Waals surface area contributed by atoms with Crippen LogP contribution in [0.2, 0.25) is 0 Å². The number of hydrogen-bond acceptors (Lipinski definition) is 3. The molecule has 5 aromatic rings. The van der Waals surface area contributed by atoms with Crippen LogP contribution in [0, 0.1) is 0 Å². The molecule has 0 aliphatic heterocycles. The van der Waals surface area contributed by atoms with E-state index in [1.165, 1.54) is 5.56 Å². The van der Waals surface area contributed by atoms with Crippen molar-refractivity contribution in [3.8, 4) is 0 Å². The standard InChI is InChI=1S/C28H24N2O2S/c31-27(29(19-22-11-8-18-33-22)17-16-21-9-2-1-3-10-21)20-30-25-14-6-4-12-23(25)28(32)24-13-5-7-15-26(24)30/h1-15,18H,16-17,19-20H2. The number of carbonyl (C=O) groups is 1. The van der Waals surface area contributed by atoms with E-state index in [0.717, 1.165) is 22.3 Å². The van der Waals surface area contributed by atoms with Crippen LogP contribution in [0.1, 0.15) is 10.4 Å². The molecule has 0 aliphatic carbocycles. The zero-order chi connectivity index (χ0) is 22.6. The van der Waals surface area contributed by atoms with E-state index in [0.29, 0.717) is 23.9 Å². The number of fused-ring (bicyclic) bond motifs is 2. The molecule has 0 fully saturated rings. The third-order valence-corrected chi connectivity index (χ3v) is 6.83. The van der Waals surface area contributed by atoms with Gasteiger partial charge in [0.05, 0.1) is 17.6 Å². The van der Waals surface area contributed by atoms with Gasteiger partial charge >= 0.3 is 0 Å². The number of para-hydroxylation sites is 2. The number of carbonyl (C=O) groups excluding carboxylic acids is 1. The highest BCUT2D eigenvalue weighted by Crippen LogP contribution is 2.20. The number of nitrogens with zero attached hydrogens (tertiary/aromatic N) is 2.